The average Bonchev–Trinajstić information content (AvgIpc) is 2.74. The van der Waals surface area contributed by atoms with Crippen molar-refractivity contribution < 1.29 is 9.15 Å². The average molecular weight is 217 g/mol. The van der Waals surface area contributed by atoms with E-state index in [1.165, 1.54) is 0 Å². The standard InChI is InChI=1S/C11H11N3O2/c1-2-6-15-9-5-3-4-8(7-9)10-13-14-11(12)16-10/h2-5,7H,1,6H2,(H2,12,14). The fourth-order valence-electron chi connectivity index (χ4n) is 1.23. The van der Waals surface area contributed by atoms with E-state index in [4.69, 9.17) is 14.9 Å². The number of aromatic nitrogens is 2. The summed E-state index contributed by atoms with van der Waals surface area (Å²) in [6.07, 6.45) is 1.68. The smallest absolute Gasteiger partial charge is 0.313 e. The molecule has 1 heterocycles. The number of nitrogens with two attached hydrogens (primary N) is 1. The van der Waals surface area contributed by atoms with Gasteiger partial charge >= 0.3 is 6.01 Å². The molecule has 1 aromatic heterocycles. The van der Waals surface area contributed by atoms with Gasteiger partial charge in [-0.3, -0.25) is 0 Å². The van der Waals surface area contributed by atoms with Crippen LogP contribution in [0, 0.1) is 0 Å². The van der Waals surface area contributed by atoms with Crippen LogP contribution in [0.4, 0.5) is 6.01 Å². The van der Waals surface area contributed by atoms with Gasteiger partial charge < -0.3 is 14.9 Å². The molecule has 0 amide bonds. The Hall–Kier alpha value is -2.30. The Morgan fingerprint density at radius 2 is 2.31 bits per heavy atom. The van der Waals surface area contributed by atoms with Gasteiger partial charge in [0.05, 0.1) is 0 Å². The molecule has 82 valence electrons. The number of anilines is 1. The van der Waals surface area contributed by atoms with Crippen LogP contribution in [0.2, 0.25) is 0 Å². The molecule has 5 heteroatoms. The van der Waals surface area contributed by atoms with Crippen LogP contribution in [0.25, 0.3) is 11.5 Å². The second kappa shape index (κ2) is 4.48. The van der Waals surface area contributed by atoms with Crippen LogP contribution in [0.1, 0.15) is 0 Å². The van der Waals surface area contributed by atoms with Crippen LogP contribution in [0.3, 0.4) is 0 Å². The van der Waals surface area contributed by atoms with Crippen molar-refractivity contribution in [2.75, 3.05) is 12.3 Å². The van der Waals surface area contributed by atoms with E-state index in [9.17, 15) is 0 Å². The van der Waals surface area contributed by atoms with Gasteiger partial charge in [0.15, 0.2) is 0 Å². The van der Waals surface area contributed by atoms with Crippen molar-refractivity contribution >= 4 is 6.01 Å². The van der Waals surface area contributed by atoms with Gasteiger partial charge in [0.2, 0.25) is 5.89 Å². The lowest BCUT2D eigenvalue weighted by atomic mass is 10.2. The lowest BCUT2D eigenvalue weighted by molar-refractivity contribution is 0.363. The molecule has 0 saturated carbocycles. The predicted octanol–water partition coefficient (Wildman–Crippen LogP) is 1.88. The highest BCUT2D eigenvalue weighted by Crippen LogP contribution is 2.23. The largest absolute Gasteiger partial charge is 0.490 e. The van der Waals surface area contributed by atoms with Gasteiger partial charge in [0.25, 0.3) is 0 Å². The molecule has 0 aliphatic carbocycles. The summed E-state index contributed by atoms with van der Waals surface area (Å²) in [5, 5.41) is 7.38. The van der Waals surface area contributed by atoms with Gasteiger partial charge in [-0.05, 0) is 18.2 Å². The molecule has 5 nitrogen and oxygen atoms in total. The minimum absolute atomic E-state index is 0.0485. The lowest BCUT2D eigenvalue weighted by Crippen LogP contribution is -1.92. The maximum Gasteiger partial charge on any atom is 0.313 e. The molecule has 16 heavy (non-hydrogen) atoms. The topological polar surface area (TPSA) is 74.2 Å². The zero-order valence-corrected chi connectivity index (χ0v) is 8.59. The monoisotopic (exact) mass is 217 g/mol. The minimum Gasteiger partial charge on any atom is -0.490 e. The number of nitrogen functional groups attached to an aromatic ring is 1. The molecule has 2 N–H and O–H groups in total. The van der Waals surface area contributed by atoms with E-state index in [-0.39, 0.29) is 6.01 Å². The van der Waals surface area contributed by atoms with Crippen molar-refractivity contribution in [1.82, 2.24) is 10.2 Å². The second-order valence-corrected chi connectivity index (χ2v) is 3.07. The number of rotatable bonds is 4. The molecule has 1 aromatic carbocycles. The Bertz CT molecular complexity index is 493. The van der Waals surface area contributed by atoms with Crippen molar-refractivity contribution in [2.24, 2.45) is 0 Å². The van der Waals surface area contributed by atoms with E-state index in [2.05, 4.69) is 16.8 Å². The summed E-state index contributed by atoms with van der Waals surface area (Å²) in [7, 11) is 0. The van der Waals surface area contributed by atoms with Gasteiger partial charge in [0, 0.05) is 5.56 Å². The second-order valence-electron chi connectivity index (χ2n) is 3.07. The van der Waals surface area contributed by atoms with Gasteiger partial charge in [-0.2, -0.15) is 0 Å². The van der Waals surface area contributed by atoms with Gasteiger partial charge in [-0.1, -0.05) is 23.8 Å². The zero-order valence-electron chi connectivity index (χ0n) is 8.59. The van der Waals surface area contributed by atoms with Crippen LogP contribution in [0.15, 0.2) is 41.3 Å². The number of nitrogens with zero attached hydrogens (tertiary/aromatic N) is 2. The highest BCUT2D eigenvalue weighted by Gasteiger charge is 2.06. The first-order valence-electron chi connectivity index (χ1n) is 4.72. The third-order valence-electron chi connectivity index (χ3n) is 1.89. The summed E-state index contributed by atoms with van der Waals surface area (Å²) in [6.45, 7) is 4.03. The molecule has 0 aliphatic heterocycles. The van der Waals surface area contributed by atoms with Crippen LogP contribution >= 0.6 is 0 Å². The first kappa shape index (κ1) is 10.2. The molecule has 0 unspecified atom stereocenters. The summed E-state index contributed by atoms with van der Waals surface area (Å²) in [5.74, 6) is 1.09. The van der Waals surface area contributed by atoms with Gasteiger partial charge in [-0.15, -0.1) is 5.10 Å². The number of ether oxygens (including phenoxy) is 1. The number of benzene rings is 1. The Morgan fingerprint density at radius 1 is 1.44 bits per heavy atom. The summed E-state index contributed by atoms with van der Waals surface area (Å²) < 4.78 is 10.5. The lowest BCUT2D eigenvalue weighted by Gasteiger charge is -2.03. The number of hydrogen-bond donors (Lipinski definition) is 1. The normalized spacial score (nSPS) is 10.0. The van der Waals surface area contributed by atoms with Crippen LogP contribution < -0.4 is 10.5 Å². The molecule has 0 atom stereocenters. The Labute approximate surface area is 92.5 Å². The third-order valence-corrected chi connectivity index (χ3v) is 1.89. The zero-order chi connectivity index (χ0) is 11.4. The summed E-state index contributed by atoms with van der Waals surface area (Å²) >= 11 is 0. The van der Waals surface area contributed by atoms with E-state index in [1.807, 2.05) is 18.2 Å². The first-order chi connectivity index (χ1) is 7.79. The van der Waals surface area contributed by atoms with E-state index < -0.39 is 0 Å². The molecule has 0 bridgehead atoms. The summed E-state index contributed by atoms with van der Waals surface area (Å²) in [4.78, 5) is 0. The maximum atomic E-state index is 5.38. The van der Waals surface area contributed by atoms with Crippen molar-refractivity contribution in [1.29, 1.82) is 0 Å². The van der Waals surface area contributed by atoms with Crippen molar-refractivity contribution in [3.63, 3.8) is 0 Å². The summed E-state index contributed by atoms with van der Waals surface area (Å²) in [5.41, 5.74) is 6.12. The van der Waals surface area contributed by atoms with Crippen molar-refractivity contribution in [3.8, 4) is 17.2 Å². The molecule has 0 fully saturated rings. The van der Waals surface area contributed by atoms with Crippen LogP contribution in [-0.4, -0.2) is 16.8 Å². The third kappa shape index (κ3) is 2.20. The molecular formula is C11H11N3O2. The quantitative estimate of drug-likeness (QED) is 0.791. The molecule has 0 aliphatic rings. The SMILES string of the molecule is C=CCOc1cccc(-c2nnc(N)o2)c1. The van der Waals surface area contributed by atoms with E-state index >= 15 is 0 Å². The van der Waals surface area contributed by atoms with Crippen molar-refractivity contribution in [3.05, 3.63) is 36.9 Å². The van der Waals surface area contributed by atoms with Crippen molar-refractivity contribution in [2.45, 2.75) is 0 Å². The Kier molecular flexibility index (Phi) is 2.86. The molecule has 2 aromatic rings. The number of hydrogen-bond acceptors (Lipinski definition) is 5. The Morgan fingerprint density at radius 3 is 3.00 bits per heavy atom. The fourth-order valence-corrected chi connectivity index (χ4v) is 1.23. The highest BCUT2D eigenvalue weighted by molar-refractivity contribution is 5.55. The van der Waals surface area contributed by atoms with Crippen LogP contribution in [0.5, 0.6) is 5.75 Å². The van der Waals surface area contributed by atoms with Crippen LogP contribution in [-0.2, 0) is 0 Å². The first-order valence-corrected chi connectivity index (χ1v) is 4.72. The highest BCUT2D eigenvalue weighted by atomic mass is 16.5. The molecule has 2 rings (SSSR count). The van der Waals surface area contributed by atoms with Gasteiger partial charge in [-0.25, -0.2) is 0 Å². The molecule has 0 radical (unpaired) electrons. The van der Waals surface area contributed by atoms with Gasteiger partial charge in [0.1, 0.15) is 12.4 Å². The maximum absolute atomic E-state index is 5.38. The minimum atomic E-state index is 0.0485. The van der Waals surface area contributed by atoms with E-state index in [0.717, 1.165) is 5.56 Å². The predicted molar refractivity (Wildman–Crippen MR) is 59.8 cm³/mol. The summed E-state index contributed by atoms with van der Waals surface area (Å²) in [6, 6.07) is 7.37. The molecular weight excluding hydrogens is 206 g/mol. The molecule has 0 saturated heterocycles. The van der Waals surface area contributed by atoms with E-state index in [1.54, 1.807) is 12.1 Å². The van der Waals surface area contributed by atoms with E-state index in [0.29, 0.717) is 18.2 Å². The molecule has 0 spiro atoms. The Balaban J connectivity index is 2.25. The fraction of sp³-hybridized carbons (Fsp3) is 0.0909.